The summed E-state index contributed by atoms with van der Waals surface area (Å²) >= 11 is 0. The molecule has 9 nitrogen and oxygen atoms in total. The molecule has 2 aromatic heterocycles. The first kappa shape index (κ1) is 24.7. The number of hydrogen-bond acceptors (Lipinski definition) is 8. The molecule has 1 aromatic carbocycles. The van der Waals surface area contributed by atoms with E-state index in [-0.39, 0.29) is 35.6 Å². The maximum atomic E-state index is 15.3. The summed E-state index contributed by atoms with van der Waals surface area (Å²) in [4.78, 5) is 20.8. The van der Waals surface area contributed by atoms with Crippen LogP contribution >= 0.6 is 12.4 Å². The SMILES string of the molecule is Cc1c(-c2cc3cc(NC(=O)O[C@@H]4CC[C@@](C)(O)C4)ncc3c(N)c2F)cnc2c1NCCO2.Cl. The number of benzene rings is 1. The van der Waals surface area contributed by atoms with Crippen LogP contribution in [0.3, 0.4) is 0 Å². The topological polar surface area (TPSA) is 132 Å². The highest BCUT2D eigenvalue weighted by Gasteiger charge is 2.35. The van der Waals surface area contributed by atoms with E-state index in [1.807, 2.05) is 6.92 Å². The quantitative estimate of drug-likeness (QED) is 0.386. The number of amides is 1. The lowest BCUT2D eigenvalue weighted by atomic mass is 9.97. The van der Waals surface area contributed by atoms with Crippen LogP contribution in [-0.4, -0.2) is 46.0 Å². The zero-order valence-corrected chi connectivity index (χ0v) is 20.2. The zero-order valence-electron chi connectivity index (χ0n) is 19.4. The van der Waals surface area contributed by atoms with Gasteiger partial charge in [-0.1, -0.05) is 0 Å². The lowest BCUT2D eigenvalue weighted by molar-refractivity contribution is 0.0453. The predicted molar refractivity (Wildman–Crippen MR) is 134 cm³/mol. The van der Waals surface area contributed by atoms with Gasteiger partial charge < -0.3 is 25.6 Å². The van der Waals surface area contributed by atoms with Crippen molar-refractivity contribution in [1.82, 2.24) is 9.97 Å². The van der Waals surface area contributed by atoms with Crippen molar-refractivity contribution in [3.8, 4) is 17.0 Å². The average Bonchev–Trinajstić information content (AvgIpc) is 3.14. The van der Waals surface area contributed by atoms with Gasteiger partial charge in [-0.2, -0.15) is 0 Å². The summed E-state index contributed by atoms with van der Waals surface area (Å²) in [5.74, 6) is 0.165. The van der Waals surface area contributed by atoms with Gasteiger partial charge in [-0.3, -0.25) is 5.32 Å². The van der Waals surface area contributed by atoms with E-state index in [0.717, 1.165) is 11.3 Å². The van der Waals surface area contributed by atoms with Crippen LogP contribution in [0.2, 0.25) is 0 Å². The van der Waals surface area contributed by atoms with E-state index in [1.54, 1.807) is 25.3 Å². The Labute approximate surface area is 207 Å². The number of aromatic nitrogens is 2. The Morgan fingerprint density at radius 2 is 2.14 bits per heavy atom. The van der Waals surface area contributed by atoms with Gasteiger partial charge in [0.05, 0.1) is 11.3 Å². The summed E-state index contributed by atoms with van der Waals surface area (Å²) in [6, 6.07) is 3.27. The van der Waals surface area contributed by atoms with Crippen molar-refractivity contribution in [2.24, 2.45) is 0 Å². The number of rotatable bonds is 3. The number of carbonyl (C=O) groups excluding carboxylic acids is 1. The van der Waals surface area contributed by atoms with Crippen LogP contribution in [-0.2, 0) is 4.74 Å². The maximum absolute atomic E-state index is 15.3. The van der Waals surface area contributed by atoms with Crippen molar-refractivity contribution in [3.63, 3.8) is 0 Å². The predicted octanol–water partition coefficient (Wildman–Crippen LogP) is 4.40. The number of nitrogens with two attached hydrogens (primary N) is 1. The highest BCUT2D eigenvalue weighted by Crippen LogP contribution is 2.39. The van der Waals surface area contributed by atoms with Crippen LogP contribution in [0, 0.1) is 12.7 Å². The average molecular weight is 504 g/mol. The molecule has 0 saturated heterocycles. The smallest absolute Gasteiger partial charge is 0.413 e. The van der Waals surface area contributed by atoms with Gasteiger partial charge in [-0.25, -0.2) is 19.2 Å². The van der Waals surface area contributed by atoms with Crippen molar-refractivity contribution in [2.75, 3.05) is 29.5 Å². The summed E-state index contributed by atoms with van der Waals surface area (Å²) in [6.07, 6.45) is 3.53. The van der Waals surface area contributed by atoms with Crippen LogP contribution in [0.4, 0.5) is 26.4 Å². The fourth-order valence-corrected chi connectivity index (χ4v) is 4.61. The molecule has 1 aliphatic carbocycles. The van der Waals surface area contributed by atoms with E-state index in [9.17, 15) is 9.90 Å². The highest BCUT2D eigenvalue weighted by molar-refractivity contribution is 5.99. The number of ether oxygens (including phenoxy) is 2. The van der Waals surface area contributed by atoms with Crippen LogP contribution in [0.5, 0.6) is 5.88 Å². The third-order valence-corrected chi connectivity index (χ3v) is 6.41. The molecule has 1 amide bonds. The number of nitrogen functional groups attached to an aromatic ring is 1. The molecule has 0 radical (unpaired) electrons. The number of carbonyl (C=O) groups is 1. The third kappa shape index (κ3) is 4.76. The largest absolute Gasteiger partial charge is 0.474 e. The van der Waals surface area contributed by atoms with Crippen LogP contribution in [0.15, 0.2) is 24.5 Å². The standard InChI is InChI=1S/C24H26FN5O4.ClH/c1-12-16(10-29-22-21(12)27-5-6-33-22)15-7-13-8-18(28-11-17(13)20(26)19(15)25)30-23(31)34-14-3-4-24(2,32)9-14;/h7-8,10-11,14,27,32H,3-6,9,26H2,1-2H3,(H,28,30,31);1H/t14-,24-;/m1./s1. The first-order valence-electron chi connectivity index (χ1n) is 11.2. The lowest BCUT2D eigenvalue weighted by Gasteiger charge is -2.22. The first-order chi connectivity index (χ1) is 16.2. The van der Waals surface area contributed by atoms with E-state index in [4.69, 9.17) is 15.2 Å². The molecule has 1 aliphatic heterocycles. The van der Waals surface area contributed by atoms with Gasteiger partial charge in [0.15, 0.2) is 5.82 Å². The van der Waals surface area contributed by atoms with Gasteiger partial charge in [0.1, 0.15) is 24.2 Å². The number of nitrogens with zero attached hydrogens (tertiary/aromatic N) is 2. The van der Waals surface area contributed by atoms with Crippen molar-refractivity contribution in [2.45, 2.75) is 44.8 Å². The first-order valence-corrected chi connectivity index (χ1v) is 11.2. The molecular formula is C24H27ClFN5O4. The van der Waals surface area contributed by atoms with Gasteiger partial charge in [0.2, 0.25) is 5.88 Å². The third-order valence-electron chi connectivity index (χ3n) is 6.41. The number of nitrogens with one attached hydrogen (secondary N) is 2. The maximum Gasteiger partial charge on any atom is 0.413 e. The van der Waals surface area contributed by atoms with Crippen molar-refractivity contribution in [1.29, 1.82) is 0 Å². The summed E-state index contributed by atoms with van der Waals surface area (Å²) in [5.41, 5.74) is 7.66. The Morgan fingerprint density at radius 1 is 1.34 bits per heavy atom. The van der Waals surface area contributed by atoms with Crippen LogP contribution in [0.1, 0.15) is 31.7 Å². The van der Waals surface area contributed by atoms with Gasteiger partial charge >= 0.3 is 6.09 Å². The Morgan fingerprint density at radius 3 is 2.89 bits per heavy atom. The fraction of sp³-hybridized carbons (Fsp3) is 0.375. The van der Waals surface area contributed by atoms with Gasteiger partial charge in [0, 0.05) is 41.9 Å². The molecule has 3 aromatic rings. The van der Waals surface area contributed by atoms with E-state index < -0.39 is 17.5 Å². The monoisotopic (exact) mass is 503 g/mol. The number of fused-ring (bicyclic) bond motifs is 2. The molecule has 11 heteroatoms. The Kier molecular flexibility index (Phi) is 6.61. The molecule has 0 spiro atoms. The van der Waals surface area contributed by atoms with Crippen molar-refractivity contribution in [3.05, 3.63) is 35.9 Å². The Hall–Kier alpha value is -3.37. The normalized spacial score (nSPS) is 20.9. The minimum Gasteiger partial charge on any atom is -0.474 e. The number of anilines is 3. The molecular weight excluding hydrogens is 477 g/mol. The van der Waals surface area contributed by atoms with Gasteiger partial charge in [-0.15, -0.1) is 12.4 Å². The van der Waals surface area contributed by atoms with E-state index in [1.165, 1.54) is 6.20 Å². The molecule has 5 N–H and O–H groups in total. The molecule has 3 heterocycles. The highest BCUT2D eigenvalue weighted by atomic mass is 35.5. The number of pyridine rings is 2. The second-order valence-corrected chi connectivity index (χ2v) is 9.09. The summed E-state index contributed by atoms with van der Waals surface area (Å²) in [5, 5.41) is 16.9. The van der Waals surface area contributed by atoms with E-state index in [2.05, 4.69) is 20.6 Å². The summed E-state index contributed by atoms with van der Waals surface area (Å²) in [7, 11) is 0. The lowest BCUT2D eigenvalue weighted by Crippen LogP contribution is -2.24. The molecule has 1 fully saturated rings. The minimum absolute atomic E-state index is 0. The van der Waals surface area contributed by atoms with E-state index in [0.29, 0.717) is 54.6 Å². The second kappa shape index (κ2) is 9.35. The molecule has 5 rings (SSSR count). The summed E-state index contributed by atoms with van der Waals surface area (Å²) < 4.78 is 26.3. The molecule has 1 saturated carbocycles. The summed E-state index contributed by atoms with van der Waals surface area (Å²) in [6.45, 7) is 4.74. The van der Waals surface area contributed by atoms with Gasteiger partial charge in [0.25, 0.3) is 0 Å². The molecule has 2 aliphatic rings. The zero-order chi connectivity index (χ0) is 24.0. The van der Waals surface area contributed by atoms with E-state index >= 15 is 4.39 Å². The Balaban J connectivity index is 0.00000289. The number of aliphatic hydroxyl groups is 1. The second-order valence-electron chi connectivity index (χ2n) is 9.09. The number of hydrogen-bond donors (Lipinski definition) is 4. The fourth-order valence-electron chi connectivity index (χ4n) is 4.61. The molecule has 0 bridgehead atoms. The molecule has 0 unspecified atom stereocenters. The molecule has 186 valence electrons. The van der Waals surface area contributed by atoms with Crippen molar-refractivity contribution >= 4 is 46.5 Å². The Bertz CT molecular complexity index is 1300. The van der Waals surface area contributed by atoms with Gasteiger partial charge in [-0.05, 0) is 49.8 Å². The molecule has 35 heavy (non-hydrogen) atoms. The number of halogens is 2. The van der Waals surface area contributed by atoms with Crippen LogP contribution in [0.25, 0.3) is 21.9 Å². The molecule has 2 atom stereocenters. The van der Waals surface area contributed by atoms with Crippen molar-refractivity contribution < 1.29 is 23.8 Å². The minimum atomic E-state index is -0.824. The van der Waals surface area contributed by atoms with Crippen LogP contribution < -0.4 is 21.1 Å².